The minimum atomic E-state index is -0.573. The van der Waals surface area contributed by atoms with Crippen molar-refractivity contribution in [1.82, 2.24) is 0 Å². The normalized spacial score (nSPS) is 9.77. The number of carbonyl (C=O) groups is 1. The maximum Gasteiger partial charge on any atom is 0.238 e. The van der Waals surface area contributed by atoms with Crippen LogP contribution in [-0.4, -0.2) is 12.5 Å². The van der Waals surface area contributed by atoms with Gasteiger partial charge in [-0.1, -0.05) is 11.6 Å². The van der Waals surface area contributed by atoms with Gasteiger partial charge in [-0.2, -0.15) is 0 Å². The van der Waals surface area contributed by atoms with E-state index in [1.807, 2.05) is 0 Å². The van der Waals surface area contributed by atoms with Gasteiger partial charge in [-0.05, 0) is 18.2 Å². The molecule has 3 nitrogen and oxygen atoms in total. The second kappa shape index (κ2) is 4.20. The number of halogens is 2. The van der Waals surface area contributed by atoms with Crippen LogP contribution in [0.3, 0.4) is 0 Å². The van der Waals surface area contributed by atoms with Crippen molar-refractivity contribution in [2.45, 2.75) is 0 Å². The fraction of sp³-hybridized carbons (Fsp3) is 0.125. The number of hydrogen-bond donors (Lipinski definition) is 2. The van der Waals surface area contributed by atoms with Crippen molar-refractivity contribution in [2.24, 2.45) is 5.73 Å². The van der Waals surface area contributed by atoms with Crippen LogP contribution in [0.15, 0.2) is 18.2 Å². The third-order valence-corrected chi connectivity index (χ3v) is 1.70. The van der Waals surface area contributed by atoms with Crippen molar-refractivity contribution in [1.29, 1.82) is 0 Å². The summed E-state index contributed by atoms with van der Waals surface area (Å²) < 4.78 is 12.8. The van der Waals surface area contributed by atoms with Gasteiger partial charge in [-0.25, -0.2) is 4.39 Å². The van der Waals surface area contributed by atoms with Crippen LogP contribution in [0.2, 0.25) is 5.02 Å². The zero-order valence-corrected chi connectivity index (χ0v) is 7.44. The molecule has 0 aliphatic rings. The summed E-state index contributed by atoms with van der Waals surface area (Å²) in [5.41, 5.74) is 5.40. The minimum absolute atomic E-state index is 0.0192. The van der Waals surface area contributed by atoms with Gasteiger partial charge in [0, 0.05) is 5.69 Å². The molecule has 0 atom stereocenters. The molecule has 0 fully saturated rings. The zero-order valence-electron chi connectivity index (χ0n) is 6.68. The monoisotopic (exact) mass is 202 g/mol. The summed E-state index contributed by atoms with van der Waals surface area (Å²) >= 11 is 5.44. The van der Waals surface area contributed by atoms with E-state index >= 15 is 0 Å². The van der Waals surface area contributed by atoms with Crippen LogP contribution in [0.25, 0.3) is 0 Å². The minimum Gasteiger partial charge on any atom is -0.325 e. The second-order valence-corrected chi connectivity index (χ2v) is 2.79. The van der Waals surface area contributed by atoms with Crippen molar-refractivity contribution in [2.75, 3.05) is 11.9 Å². The molecule has 0 heterocycles. The Labute approximate surface area is 79.7 Å². The Balaban J connectivity index is 2.79. The van der Waals surface area contributed by atoms with Gasteiger partial charge in [0.15, 0.2) is 0 Å². The lowest BCUT2D eigenvalue weighted by Crippen LogP contribution is -2.21. The molecule has 0 aliphatic carbocycles. The van der Waals surface area contributed by atoms with E-state index in [-0.39, 0.29) is 17.5 Å². The van der Waals surface area contributed by atoms with Gasteiger partial charge in [0.25, 0.3) is 0 Å². The van der Waals surface area contributed by atoms with Crippen LogP contribution in [0.4, 0.5) is 10.1 Å². The van der Waals surface area contributed by atoms with Crippen LogP contribution in [0.5, 0.6) is 0 Å². The van der Waals surface area contributed by atoms with Crippen molar-refractivity contribution in [3.63, 3.8) is 0 Å². The maximum absolute atomic E-state index is 12.8. The molecule has 1 aromatic carbocycles. The molecule has 1 aromatic rings. The molecule has 5 heteroatoms. The first-order chi connectivity index (χ1) is 6.13. The highest BCUT2D eigenvalue weighted by molar-refractivity contribution is 6.30. The lowest BCUT2D eigenvalue weighted by molar-refractivity contribution is -0.114. The Kier molecular flexibility index (Phi) is 3.22. The summed E-state index contributed by atoms with van der Waals surface area (Å²) in [5.74, 6) is -0.946. The summed E-state index contributed by atoms with van der Waals surface area (Å²) in [6.07, 6.45) is 0. The van der Waals surface area contributed by atoms with Crippen LogP contribution in [0, 0.1) is 5.82 Å². The number of benzene rings is 1. The Hall–Kier alpha value is -1.13. The quantitative estimate of drug-likeness (QED) is 0.761. The number of hydrogen-bond acceptors (Lipinski definition) is 2. The average Bonchev–Trinajstić information content (AvgIpc) is 2.11. The standard InChI is InChI=1S/C8H8ClFN2O/c9-6-2-1-5(3-7(6)10)12-8(13)4-11/h1-3H,4,11H2,(H,12,13). The van der Waals surface area contributed by atoms with Crippen LogP contribution >= 0.6 is 11.6 Å². The average molecular weight is 203 g/mol. The fourth-order valence-corrected chi connectivity index (χ4v) is 0.903. The number of anilines is 1. The molecular formula is C8H8ClFN2O. The first-order valence-corrected chi connectivity index (χ1v) is 3.96. The van der Waals surface area contributed by atoms with Gasteiger partial charge in [0.1, 0.15) is 5.82 Å². The number of nitrogens with one attached hydrogen (secondary N) is 1. The molecule has 0 aromatic heterocycles. The molecule has 1 rings (SSSR count). The topological polar surface area (TPSA) is 55.1 Å². The van der Waals surface area contributed by atoms with Gasteiger partial charge >= 0.3 is 0 Å². The summed E-state index contributed by atoms with van der Waals surface area (Å²) in [4.78, 5) is 10.8. The highest BCUT2D eigenvalue weighted by atomic mass is 35.5. The number of carbonyl (C=O) groups excluding carboxylic acids is 1. The third-order valence-electron chi connectivity index (χ3n) is 1.39. The van der Waals surface area contributed by atoms with E-state index in [9.17, 15) is 9.18 Å². The zero-order chi connectivity index (χ0) is 9.84. The van der Waals surface area contributed by atoms with Crippen molar-refractivity contribution < 1.29 is 9.18 Å². The van der Waals surface area contributed by atoms with Crippen molar-refractivity contribution in [3.8, 4) is 0 Å². The van der Waals surface area contributed by atoms with Gasteiger partial charge in [0.2, 0.25) is 5.91 Å². The van der Waals surface area contributed by atoms with E-state index in [4.69, 9.17) is 17.3 Å². The molecule has 0 radical (unpaired) electrons. The molecule has 0 saturated carbocycles. The summed E-state index contributed by atoms with van der Waals surface area (Å²) in [6, 6.07) is 4.00. The third kappa shape index (κ3) is 2.68. The lowest BCUT2D eigenvalue weighted by Gasteiger charge is -2.03. The van der Waals surface area contributed by atoms with E-state index < -0.39 is 5.82 Å². The first-order valence-electron chi connectivity index (χ1n) is 3.58. The summed E-state index contributed by atoms with van der Waals surface area (Å²) in [5, 5.41) is 2.42. The molecule has 0 spiro atoms. The highest BCUT2D eigenvalue weighted by Gasteiger charge is 2.02. The largest absolute Gasteiger partial charge is 0.325 e. The Morgan fingerprint density at radius 3 is 2.85 bits per heavy atom. The predicted octanol–water partition coefficient (Wildman–Crippen LogP) is 1.38. The number of amides is 1. The molecule has 0 unspecified atom stereocenters. The predicted molar refractivity (Wildman–Crippen MR) is 49.1 cm³/mol. The molecule has 0 bridgehead atoms. The van der Waals surface area contributed by atoms with E-state index in [1.165, 1.54) is 12.1 Å². The van der Waals surface area contributed by atoms with E-state index in [2.05, 4.69) is 5.32 Å². The number of rotatable bonds is 2. The van der Waals surface area contributed by atoms with Crippen LogP contribution in [0.1, 0.15) is 0 Å². The molecule has 0 aliphatic heterocycles. The second-order valence-electron chi connectivity index (χ2n) is 2.38. The summed E-state index contributed by atoms with van der Waals surface area (Å²) in [6.45, 7) is -0.135. The molecule has 13 heavy (non-hydrogen) atoms. The molecule has 3 N–H and O–H groups in total. The maximum atomic E-state index is 12.8. The van der Waals surface area contributed by atoms with Crippen molar-refractivity contribution in [3.05, 3.63) is 29.0 Å². The molecule has 70 valence electrons. The summed E-state index contributed by atoms with van der Waals surface area (Å²) in [7, 11) is 0. The van der Waals surface area contributed by atoms with Gasteiger partial charge < -0.3 is 11.1 Å². The van der Waals surface area contributed by atoms with Crippen LogP contribution in [-0.2, 0) is 4.79 Å². The molecule has 0 saturated heterocycles. The fourth-order valence-electron chi connectivity index (χ4n) is 0.786. The Morgan fingerprint density at radius 1 is 1.62 bits per heavy atom. The Morgan fingerprint density at radius 2 is 2.31 bits per heavy atom. The first kappa shape index (κ1) is 9.95. The van der Waals surface area contributed by atoms with E-state index in [1.54, 1.807) is 0 Å². The van der Waals surface area contributed by atoms with Gasteiger partial charge in [-0.3, -0.25) is 4.79 Å². The smallest absolute Gasteiger partial charge is 0.238 e. The lowest BCUT2D eigenvalue weighted by atomic mass is 10.3. The van der Waals surface area contributed by atoms with Gasteiger partial charge in [0.05, 0.1) is 11.6 Å². The molecular weight excluding hydrogens is 195 g/mol. The van der Waals surface area contributed by atoms with E-state index in [0.29, 0.717) is 5.69 Å². The molecule has 1 amide bonds. The SMILES string of the molecule is NCC(=O)Nc1ccc(Cl)c(F)c1. The number of nitrogens with two attached hydrogens (primary N) is 1. The Bertz CT molecular complexity index is 330. The highest BCUT2D eigenvalue weighted by Crippen LogP contribution is 2.18. The van der Waals surface area contributed by atoms with Gasteiger partial charge in [-0.15, -0.1) is 0 Å². The van der Waals surface area contributed by atoms with E-state index in [0.717, 1.165) is 6.07 Å². The van der Waals surface area contributed by atoms with Crippen LogP contribution < -0.4 is 11.1 Å². The van der Waals surface area contributed by atoms with Crippen molar-refractivity contribution >= 4 is 23.2 Å².